The lowest BCUT2D eigenvalue weighted by molar-refractivity contribution is 0.466. The monoisotopic (exact) mass is 1390 g/mol. The van der Waals surface area contributed by atoms with Gasteiger partial charge in [-0.1, -0.05) is 212 Å². The van der Waals surface area contributed by atoms with E-state index in [-0.39, 0.29) is 26.9 Å². The summed E-state index contributed by atoms with van der Waals surface area (Å²) in [5.41, 5.74) is 33.2. The van der Waals surface area contributed by atoms with E-state index >= 15 is 0 Å². The number of ether oxygens (including phenoxy) is 3. The Bertz CT molecular complexity index is 6410. The normalized spacial score (nSPS) is 13.8. The van der Waals surface area contributed by atoms with Crippen LogP contribution in [0.2, 0.25) is 0 Å². The van der Waals surface area contributed by atoms with Crippen LogP contribution in [-0.2, 0) is 0 Å². The number of para-hydroxylation sites is 11. The van der Waals surface area contributed by atoms with Crippen molar-refractivity contribution in [3.05, 3.63) is 364 Å². The molecule has 0 aliphatic carbocycles. The molecule has 0 aromatic heterocycles. The third kappa shape index (κ3) is 8.72. The molecule has 13 heteroatoms. The number of rotatable bonds is 9. The maximum atomic E-state index is 7.84. The lowest BCUT2D eigenvalue weighted by Crippen LogP contribution is -2.69. The van der Waals surface area contributed by atoms with Gasteiger partial charge in [-0.3, -0.25) is 0 Å². The van der Waals surface area contributed by atoms with Crippen LogP contribution in [-0.4, -0.2) is 26.9 Å². The Kier molecular flexibility index (Phi) is 12.8. The predicted molar refractivity (Wildman–Crippen MR) is 453 cm³/mol. The van der Waals surface area contributed by atoms with Gasteiger partial charge in [0.25, 0.3) is 26.9 Å². The Morgan fingerprint density at radius 1 is 0.183 bits per heavy atom. The van der Waals surface area contributed by atoms with Crippen molar-refractivity contribution in [2.24, 2.45) is 0 Å². The molecule has 8 aliphatic rings. The highest BCUT2D eigenvalue weighted by atomic mass is 16.5. The summed E-state index contributed by atoms with van der Waals surface area (Å²) in [7, 11) is 0. The molecule has 0 bridgehead atoms. The molecule has 0 saturated heterocycles. The topological polar surface area (TPSA) is 47.1 Å². The van der Waals surface area contributed by atoms with Gasteiger partial charge in [-0.25, -0.2) is 0 Å². The zero-order valence-electron chi connectivity index (χ0n) is 58.9. The standard InChI is InChI=1S/C96H60B4N6O3/c1-8-30-61(31-9-1)101(62-32-10-2-11-33-62)68-52-83-92-89(54-68)107-86-58-82-74(56-75(86)98(92)71-45-23-27-49-79(71)103(83)65-38-16-5-17-39-65)97-70-44-22-26-48-78(70)105(67-42-20-7-21-43-67)85-59-91-95-96(94(85)97)106(82)81-51-29-25-47-73(81)100(95)77-57-76-87(60-88(77)109-91)108-90-55-69(102(63-34-12-3-13-35-63)64-36-14-4-15-37-64)53-84-93(90)99(76)72-46-24-28-50-80(72)104(84)66-40-18-6-19-41-66/h1-60H. The smallest absolute Gasteiger partial charge is 0.256 e. The SMILES string of the molecule is c1ccc(N(c2ccccc2)c2cc3c4c(c2)N(c2ccccc2)c2ccccc2B4c2cc4c(cc2O3)Oc2cc3c5c6c2B4c2ccccc2N6c2cc4c(cc2B5c2ccccc2N3c2ccccc2)B2c3ccccc3N(c3ccccc3)c3cc(N(c5ccccc5)c5ccccc5)cc(c32)O4)cc1. The first-order chi connectivity index (χ1) is 54.1. The minimum Gasteiger partial charge on any atom is -0.458 e. The molecule has 109 heavy (non-hydrogen) atoms. The molecular formula is C96H60B4N6O3. The number of benzene rings is 16. The van der Waals surface area contributed by atoms with Gasteiger partial charge >= 0.3 is 0 Å². The maximum Gasteiger partial charge on any atom is 0.256 e. The fourth-order valence-corrected chi connectivity index (χ4v) is 19.4. The van der Waals surface area contributed by atoms with Crippen molar-refractivity contribution in [3.8, 4) is 34.5 Å². The van der Waals surface area contributed by atoms with Crippen molar-refractivity contribution in [1.82, 2.24) is 0 Å². The highest BCUT2D eigenvalue weighted by Crippen LogP contribution is 2.53. The van der Waals surface area contributed by atoms with Gasteiger partial charge in [-0.15, -0.1) is 0 Å². The van der Waals surface area contributed by atoms with Crippen LogP contribution in [0, 0.1) is 0 Å². The van der Waals surface area contributed by atoms with Gasteiger partial charge in [0, 0.05) is 121 Å². The Labute approximate surface area is 632 Å². The molecule has 8 heterocycles. The molecule has 0 amide bonds. The summed E-state index contributed by atoms with van der Waals surface area (Å²) in [6.07, 6.45) is 0. The van der Waals surface area contributed by atoms with E-state index in [1.807, 2.05) is 0 Å². The second kappa shape index (κ2) is 23.2. The molecule has 16 aromatic carbocycles. The summed E-state index contributed by atoms with van der Waals surface area (Å²) in [4.78, 5) is 14.7. The van der Waals surface area contributed by atoms with Gasteiger partial charge in [0.15, 0.2) is 0 Å². The van der Waals surface area contributed by atoms with E-state index in [1.54, 1.807) is 0 Å². The number of fused-ring (bicyclic) bond motifs is 18. The third-order valence-corrected chi connectivity index (χ3v) is 23.6. The molecule has 0 unspecified atom stereocenters. The molecule has 0 fully saturated rings. The van der Waals surface area contributed by atoms with E-state index in [4.69, 9.17) is 14.2 Å². The molecule has 8 aliphatic heterocycles. The van der Waals surface area contributed by atoms with Gasteiger partial charge in [-0.05, 0) is 187 Å². The second-order valence-corrected chi connectivity index (χ2v) is 29.3. The minimum atomic E-state index is -0.254. The molecule has 24 rings (SSSR count). The van der Waals surface area contributed by atoms with E-state index in [1.165, 1.54) is 32.8 Å². The van der Waals surface area contributed by atoms with E-state index in [2.05, 4.69) is 393 Å². The number of hydrogen-bond acceptors (Lipinski definition) is 9. The van der Waals surface area contributed by atoms with Gasteiger partial charge in [-0.2, -0.15) is 0 Å². The Balaban J connectivity index is 0.732. The van der Waals surface area contributed by atoms with E-state index in [0.717, 1.165) is 170 Å². The minimum absolute atomic E-state index is 0.200. The number of hydrogen-bond donors (Lipinski definition) is 0. The average Bonchev–Trinajstić information content (AvgIpc) is 0.671. The van der Waals surface area contributed by atoms with Crippen molar-refractivity contribution in [3.63, 3.8) is 0 Å². The van der Waals surface area contributed by atoms with E-state index in [0.29, 0.717) is 0 Å². The number of anilines is 18. The van der Waals surface area contributed by atoms with Crippen LogP contribution < -0.4 is 109 Å². The van der Waals surface area contributed by atoms with Crippen LogP contribution in [0.1, 0.15) is 0 Å². The van der Waals surface area contributed by atoms with Crippen LogP contribution in [0.5, 0.6) is 34.5 Å². The molecule has 0 radical (unpaired) electrons. The molecule has 504 valence electrons. The molecule has 9 nitrogen and oxygen atoms in total. The molecule has 16 aromatic rings. The van der Waals surface area contributed by atoms with Gasteiger partial charge in [0.05, 0.1) is 11.4 Å². The zero-order valence-corrected chi connectivity index (χ0v) is 58.9. The fourth-order valence-electron chi connectivity index (χ4n) is 19.4. The average molecular weight is 1390 g/mol. The Hall–Kier alpha value is -14.0. The van der Waals surface area contributed by atoms with Crippen LogP contribution in [0.4, 0.5) is 102 Å². The molecule has 0 atom stereocenters. The molecule has 0 N–H and O–H groups in total. The largest absolute Gasteiger partial charge is 0.458 e. The lowest BCUT2D eigenvalue weighted by atomic mass is 9.27. The lowest BCUT2D eigenvalue weighted by Gasteiger charge is -2.49. The predicted octanol–water partition coefficient (Wildman–Crippen LogP) is 16.5. The fraction of sp³-hybridized carbons (Fsp3) is 0. The molecule has 0 saturated carbocycles. The summed E-state index contributed by atoms with van der Waals surface area (Å²) < 4.78 is 23.3. The Morgan fingerprint density at radius 3 is 0.853 bits per heavy atom. The van der Waals surface area contributed by atoms with Crippen LogP contribution in [0.15, 0.2) is 364 Å². The van der Waals surface area contributed by atoms with Crippen molar-refractivity contribution < 1.29 is 14.2 Å². The second-order valence-electron chi connectivity index (χ2n) is 29.3. The Morgan fingerprint density at radius 2 is 0.468 bits per heavy atom. The van der Waals surface area contributed by atoms with E-state index in [9.17, 15) is 0 Å². The van der Waals surface area contributed by atoms with Crippen LogP contribution >= 0.6 is 0 Å². The summed E-state index contributed by atoms with van der Waals surface area (Å²) >= 11 is 0. The van der Waals surface area contributed by atoms with Crippen LogP contribution in [0.3, 0.4) is 0 Å². The van der Waals surface area contributed by atoms with Crippen molar-refractivity contribution in [1.29, 1.82) is 0 Å². The zero-order chi connectivity index (χ0) is 71.1. The van der Waals surface area contributed by atoms with Crippen LogP contribution in [0.25, 0.3) is 0 Å². The van der Waals surface area contributed by atoms with Crippen molar-refractivity contribution >= 4 is 195 Å². The van der Waals surface area contributed by atoms with Gasteiger partial charge in [0.1, 0.15) is 34.5 Å². The summed E-state index contributed by atoms with van der Waals surface area (Å²) in [6.45, 7) is -0.881. The maximum absolute atomic E-state index is 7.84. The third-order valence-electron chi connectivity index (χ3n) is 23.6. The van der Waals surface area contributed by atoms with Gasteiger partial charge in [0.2, 0.25) is 0 Å². The first-order valence-corrected chi connectivity index (χ1v) is 37.6. The molecule has 0 spiro atoms. The summed E-state index contributed by atoms with van der Waals surface area (Å²) in [5, 5.41) is 0. The summed E-state index contributed by atoms with van der Waals surface area (Å²) in [6, 6.07) is 133. The summed E-state index contributed by atoms with van der Waals surface area (Å²) in [5.74, 6) is 4.78. The van der Waals surface area contributed by atoms with Crippen molar-refractivity contribution in [2.45, 2.75) is 0 Å². The highest BCUT2D eigenvalue weighted by molar-refractivity contribution is 7.06. The van der Waals surface area contributed by atoms with Crippen molar-refractivity contribution in [2.75, 3.05) is 29.4 Å². The quantitative estimate of drug-likeness (QED) is 0.132. The highest BCUT2D eigenvalue weighted by Gasteiger charge is 2.54. The first-order valence-electron chi connectivity index (χ1n) is 37.6. The number of nitrogens with zero attached hydrogens (tertiary/aromatic N) is 6. The van der Waals surface area contributed by atoms with Gasteiger partial charge < -0.3 is 43.6 Å². The first kappa shape index (κ1) is 60.3. The molecular weight excluding hydrogens is 1330 g/mol. The van der Waals surface area contributed by atoms with E-state index < -0.39 is 0 Å².